The van der Waals surface area contributed by atoms with Crippen LogP contribution < -0.4 is 4.90 Å². The van der Waals surface area contributed by atoms with Crippen molar-refractivity contribution < 1.29 is 32.3 Å². The van der Waals surface area contributed by atoms with Gasteiger partial charge in [-0.25, -0.2) is 14.2 Å². The Kier molecular flexibility index (Phi) is 6.06. The average molecular weight is 468 g/mol. The van der Waals surface area contributed by atoms with Gasteiger partial charge in [-0.15, -0.1) is 0 Å². The highest BCUT2D eigenvalue weighted by Gasteiger charge is 2.51. The molecular weight excluding hydrogens is 444 g/mol. The second-order valence-corrected chi connectivity index (χ2v) is 8.42. The lowest BCUT2D eigenvalue weighted by atomic mass is 9.84. The topological polar surface area (TPSA) is 78.7 Å². The number of aromatic nitrogens is 2. The highest BCUT2D eigenvalue weighted by atomic mass is 19.4. The number of amides is 1. The third kappa shape index (κ3) is 4.04. The molecule has 1 saturated heterocycles. The van der Waals surface area contributed by atoms with Crippen molar-refractivity contribution >= 4 is 17.6 Å². The monoisotopic (exact) mass is 468 g/mol. The molecule has 1 unspecified atom stereocenters. The second kappa shape index (κ2) is 8.68. The van der Waals surface area contributed by atoms with Gasteiger partial charge < -0.3 is 19.5 Å². The third-order valence-corrected chi connectivity index (χ3v) is 6.59. The van der Waals surface area contributed by atoms with E-state index in [0.29, 0.717) is 13.1 Å². The molecule has 4 heterocycles. The number of halogens is 4. The van der Waals surface area contributed by atoms with Crippen molar-refractivity contribution in [2.75, 3.05) is 31.2 Å². The number of carbonyl (C=O) groups is 2. The van der Waals surface area contributed by atoms with E-state index in [0.717, 1.165) is 49.4 Å². The van der Waals surface area contributed by atoms with E-state index in [2.05, 4.69) is 20.5 Å². The standard InChI is InChI=1S/C20H23FN4O.C2HF3O2/c21-9-13-25-16-6-2-10-22-18(16)24-11-3-7-17(24)20(25)8-12-23(14-20)19(26)15-4-1-5-15;3-2(4,5)1(6)7/h2-3,6-7,10-11,15H,1,4-5,8-9,12-14H2;(H,6,7). The molecule has 3 aliphatic rings. The molecule has 2 aromatic heterocycles. The Morgan fingerprint density at radius 2 is 1.94 bits per heavy atom. The number of hydrogen-bond donors (Lipinski definition) is 1. The largest absolute Gasteiger partial charge is 0.490 e. The molecule has 1 N–H and O–H groups in total. The van der Waals surface area contributed by atoms with E-state index in [1.54, 1.807) is 6.20 Å². The van der Waals surface area contributed by atoms with Crippen molar-refractivity contribution in [2.45, 2.75) is 37.4 Å². The normalized spacial score (nSPS) is 21.7. The molecule has 11 heteroatoms. The first-order valence-electron chi connectivity index (χ1n) is 10.7. The van der Waals surface area contributed by atoms with Crippen molar-refractivity contribution in [1.29, 1.82) is 0 Å². The van der Waals surface area contributed by atoms with Gasteiger partial charge in [0.25, 0.3) is 0 Å². The minimum atomic E-state index is -5.08. The van der Waals surface area contributed by atoms with Crippen LogP contribution in [-0.2, 0) is 15.1 Å². The summed E-state index contributed by atoms with van der Waals surface area (Å²) in [5, 5.41) is 7.12. The van der Waals surface area contributed by atoms with Crippen molar-refractivity contribution in [3.8, 4) is 5.82 Å². The maximum Gasteiger partial charge on any atom is 0.490 e. The van der Waals surface area contributed by atoms with Crippen LogP contribution in [0.4, 0.5) is 23.2 Å². The van der Waals surface area contributed by atoms with Gasteiger partial charge in [0.1, 0.15) is 12.2 Å². The molecule has 2 aromatic rings. The molecule has 1 amide bonds. The fourth-order valence-electron chi connectivity index (χ4n) is 4.84. The number of likely N-dealkylation sites (tertiary alicyclic amines) is 1. The maximum atomic E-state index is 13.5. The molecular formula is C22H24F4N4O3. The zero-order valence-corrected chi connectivity index (χ0v) is 17.8. The maximum absolute atomic E-state index is 13.5. The quantitative estimate of drug-likeness (QED) is 0.698. The second-order valence-electron chi connectivity index (χ2n) is 8.42. The van der Waals surface area contributed by atoms with Crippen molar-refractivity contribution in [2.24, 2.45) is 5.92 Å². The Labute approximate surface area is 187 Å². The molecule has 0 bridgehead atoms. The summed E-state index contributed by atoms with van der Waals surface area (Å²) in [6, 6.07) is 8.03. The van der Waals surface area contributed by atoms with Gasteiger partial charge in [-0.05, 0) is 43.5 Å². The first-order chi connectivity index (χ1) is 15.7. The summed E-state index contributed by atoms with van der Waals surface area (Å²) in [7, 11) is 0. The summed E-state index contributed by atoms with van der Waals surface area (Å²) >= 11 is 0. The first-order valence-corrected chi connectivity index (χ1v) is 10.7. The molecule has 178 valence electrons. The number of hydrogen-bond acceptors (Lipinski definition) is 4. The average Bonchev–Trinajstić information content (AvgIpc) is 3.38. The molecule has 5 rings (SSSR count). The number of nitrogens with zero attached hydrogens (tertiary/aromatic N) is 4. The van der Waals surface area contributed by atoms with E-state index in [-0.39, 0.29) is 17.4 Å². The number of aliphatic carboxylic acids is 1. The summed E-state index contributed by atoms with van der Waals surface area (Å²) in [5.74, 6) is -1.43. The molecule has 1 aliphatic carbocycles. The minimum Gasteiger partial charge on any atom is -0.475 e. The molecule has 33 heavy (non-hydrogen) atoms. The van der Waals surface area contributed by atoms with Crippen LogP contribution >= 0.6 is 0 Å². The number of anilines is 1. The first kappa shape index (κ1) is 23.1. The van der Waals surface area contributed by atoms with Crippen molar-refractivity contribution in [3.05, 3.63) is 42.4 Å². The van der Waals surface area contributed by atoms with Gasteiger partial charge in [0, 0.05) is 37.9 Å². The van der Waals surface area contributed by atoms with Crippen LogP contribution in [0.1, 0.15) is 31.4 Å². The van der Waals surface area contributed by atoms with Gasteiger partial charge in [0.05, 0.1) is 11.4 Å². The van der Waals surface area contributed by atoms with Crippen molar-refractivity contribution in [3.63, 3.8) is 0 Å². The van der Waals surface area contributed by atoms with Gasteiger partial charge in [0.2, 0.25) is 5.91 Å². The Morgan fingerprint density at radius 3 is 2.55 bits per heavy atom. The Bertz CT molecular complexity index is 1040. The van der Waals surface area contributed by atoms with Crippen LogP contribution in [0.5, 0.6) is 0 Å². The van der Waals surface area contributed by atoms with E-state index in [1.165, 1.54) is 0 Å². The summed E-state index contributed by atoms with van der Waals surface area (Å²) < 4.78 is 47.4. The Hall–Kier alpha value is -3.11. The molecule has 0 radical (unpaired) electrons. The van der Waals surface area contributed by atoms with Gasteiger partial charge in [-0.2, -0.15) is 13.2 Å². The summed E-state index contributed by atoms with van der Waals surface area (Å²) in [4.78, 5) is 30.4. The van der Waals surface area contributed by atoms with Crippen LogP contribution in [0.25, 0.3) is 5.82 Å². The SMILES string of the molecule is O=C(C1CCC1)N1CCC2(C1)c1cccn1-c1ncccc1N2CCF.O=C(O)C(F)(F)F. The van der Waals surface area contributed by atoms with E-state index in [9.17, 15) is 22.4 Å². The third-order valence-electron chi connectivity index (χ3n) is 6.59. The molecule has 1 saturated carbocycles. The lowest BCUT2D eigenvalue weighted by Crippen LogP contribution is -2.54. The number of pyridine rings is 1. The van der Waals surface area contributed by atoms with Gasteiger partial charge in [-0.1, -0.05) is 6.42 Å². The predicted molar refractivity (Wildman–Crippen MR) is 111 cm³/mol. The van der Waals surface area contributed by atoms with Crippen LogP contribution in [0.15, 0.2) is 36.7 Å². The highest BCUT2D eigenvalue weighted by molar-refractivity contribution is 5.80. The van der Waals surface area contributed by atoms with E-state index < -0.39 is 18.8 Å². The number of fused-ring (bicyclic) bond motifs is 4. The van der Waals surface area contributed by atoms with Gasteiger partial charge in [0.15, 0.2) is 5.82 Å². The number of carboxylic acid groups (broad SMARTS) is 1. The molecule has 2 aliphatic heterocycles. The molecule has 0 aromatic carbocycles. The van der Waals surface area contributed by atoms with Crippen LogP contribution in [-0.4, -0.2) is 63.9 Å². The lowest BCUT2D eigenvalue weighted by Gasteiger charge is -2.47. The molecule has 1 spiro atoms. The lowest BCUT2D eigenvalue weighted by molar-refractivity contribution is -0.192. The summed E-state index contributed by atoms with van der Waals surface area (Å²) in [5.41, 5.74) is 1.69. The summed E-state index contributed by atoms with van der Waals surface area (Å²) in [6.45, 7) is 1.25. The van der Waals surface area contributed by atoms with E-state index in [4.69, 9.17) is 9.90 Å². The minimum absolute atomic E-state index is 0.198. The Balaban J connectivity index is 0.000000325. The van der Waals surface area contributed by atoms with Crippen LogP contribution in [0.2, 0.25) is 0 Å². The number of rotatable bonds is 3. The molecule has 1 atom stereocenters. The number of carboxylic acids is 1. The smallest absolute Gasteiger partial charge is 0.475 e. The highest BCUT2D eigenvalue weighted by Crippen LogP contribution is 2.47. The zero-order valence-electron chi connectivity index (χ0n) is 17.8. The van der Waals surface area contributed by atoms with E-state index in [1.807, 2.05) is 29.3 Å². The van der Waals surface area contributed by atoms with Crippen LogP contribution in [0.3, 0.4) is 0 Å². The summed E-state index contributed by atoms with van der Waals surface area (Å²) in [6.07, 6.45) is 2.72. The molecule has 2 fully saturated rings. The zero-order chi connectivity index (χ0) is 23.8. The predicted octanol–water partition coefficient (Wildman–Crippen LogP) is 3.52. The van der Waals surface area contributed by atoms with Crippen molar-refractivity contribution in [1.82, 2.24) is 14.5 Å². The number of alkyl halides is 4. The molecule has 7 nitrogen and oxygen atoms in total. The van der Waals surface area contributed by atoms with Gasteiger partial charge in [-0.3, -0.25) is 4.79 Å². The Morgan fingerprint density at radius 1 is 1.21 bits per heavy atom. The van der Waals surface area contributed by atoms with Crippen LogP contribution in [0, 0.1) is 5.92 Å². The number of carbonyl (C=O) groups excluding carboxylic acids is 1. The van der Waals surface area contributed by atoms with Gasteiger partial charge >= 0.3 is 12.1 Å². The fourth-order valence-corrected chi connectivity index (χ4v) is 4.84. The fraction of sp³-hybridized carbons (Fsp3) is 0.500. The van der Waals surface area contributed by atoms with E-state index >= 15 is 0 Å².